The van der Waals surface area contributed by atoms with E-state index in [2.05, 4.69) is 9.97 Å². The molecule has 0 bridgehead atoms. The molecule has 0 spiro atoms. The number of aromatic nitrogens is 3. The van der Waals surface area contributed by atoms with Crippen molar-refractivity contribution in [2.45, 2.75) is 52.0 Å². The monoisotopic (exact) mass is 400 g/mol. The van der Waals surface area contributed by atoms with Gasteiger partial charge < -0.3 is 20.1 Å². The number of amides is 1. The third-order valence-corrected chi connectivity index (χ3v) is 5.82. The molecule has 9 heteroatoms. The number of pyridine rings is 1. The van der Waals surface area contributed by atoms with E-state index < -0.39 is 17.8 Å². The van der Waals surface area contributed by atoms with Gasteiger partial charge in [-0.2, -0.15) is 0 Å². The van der Waals surface area contributed by atoms with Gasteiger partial charge in [0.05, 0.1) is 23.5 Å². The first-order valence-electron chi connectivity index (χ1n) is 8.39. The minimum atomic E-state index is -1.36. The zero-order valence-electron chi connectivity index (χ0n) is 15.0. The Bertz CT molecular complexity index is 862. The van der Waals surface area contributed by atoms with Gasteiger partial charge in [-0.1, -0.05) is 30.1 Å². The second-order valence-electron chi connectivity index (χ2n) is 7.36. The molecule has 2 unspecified atom stereocenters. The Labute approximate surface area is 161 Å². The van der Waals surface area contributed by atoms with Crippen molar-refractivity contribution < 1.29 is 14.6 Å². The lowest BCUT2D eigenvalue weighted by molar-refractivity contribution is -0.211. The zero-order valence-corrected chi connectivity index (χ0v) is 16.5. The minimum absolute atomic E-state index is 0.141. The Morgan fingerprint density at radius 3 is 2.69 bits per heavy atom. The molecule has 142 valence electrons. The quantitative estimate of drug-likeness (QED) is 0.606. The third-order valence-electron chi connectivity index (χ3n) is 4.99. The lowest BCUT2D eigenvalue weighted by Crippen LogP contribution is -2.34. The summed E-state index contributed by atoms with van der Waals surface area (Å²) in [6.07, 6.45) is 1.57. The molecule has 7 nitrogen and oxygen atoms in total. The van der Waals surface area contributed by atoms with Crippen LogP contribution >= 0.6 is 23.2 Å². The van der Waals surface area contributed by atoms with Crippen LogP contribution in [0.1, 0.15) is 38.8 Å². The van der Waals surface area contributed by atoms with Gasteiger partial charge in [0.25, 0.3) is 0 Å². The molecule has 4 atom stereocenters. The molecule has 0 aliphatic heterocycles. The fourth-order valence-electron chi connectivity index (χ4n) is 3.76. The molecule has 3 rings (SSSR count). The van der Waals surface area contributed by atoms with Crippen molar-refractivity contribution in [1.29, 1.82) is 0 Å². The van der Waals surface area contributed by atoms with E-state index >= 15 is 0 Å². The molecule has 26 heavy (non-hydrogen) atoms. The van der Waals surface area contributed by atoms with Crippen LogP contribution in [0, 0.1) is 18.8 Å². The van der Waals surface area contributed by atoms with E-state index in [4.69, 9.17) is 33.7 Å². The Morgan fingerprint density at radius 2 is 2.12 bits per heavy atom. The lowest BCUT2D eigenvalue weighted by Gasteiger charge is -2.30. The molecule has 1 fully saturated rings. The highest BCUT2D eigenvalue weighted by molar-refractivity contribution is 6.38. The van der Waals surface area contributed by atoms with Crippen molar-refractivity contribution in [1.82, 2.24) is 14.5 Å². The Balaban J connectivity index is 2.12. The van der Waals surface area contributed by atoms with E-state index in [9.17, 15) is 9.90 Å². The van der Waals surface area contributed by atoms with Gasteiger partial charge in [0, 0.05) is 11.5 Å². The Hall–Kier alpha value is -1.41. The summed E-state index contributed by atoms with van der Waals surface area (Å²) in [5.41, 5.74) is 7.27. The molecule has 1 aliphatic carbocycles. The molecule has 2 aromatic rings. The second-order valence-corrected chi connectivity index (χ2v) is 8.10. The smallest absolute Gasteiger partial charge is 0.220 e. The average Bonchev–Trinajstić information content (AvgIpc) is 3.04. The van der Waals surface area contributed by atoms with Gasteiger partial charge in [0.1, 0.15) is 10.7 Å². The van der Waals surface area contributed by atoms with Crippen LogP contribution in [0.5, 0.6) is 0 Å². The summed E-state index contributed by atoms with van der Waals surface area (Å²) in [4.78, 5) is 20.7. The zero-order chi connectivity index (χ0) is 19.4. The van der Waals surface area contributed by atoms with E-state index in [1.54, 1.807) is 27.1 Å². The van der Waals surface area contributed by atoms with Gasteiger partial charge in [-0.15, -0.1) is 0 Å². The molecule has 1 saturated carbocycles. The number of halogens is 2. The van der Waals surface area contributed by atoms with E-state index in [0.717, 1.165) is 0 Å². The number of carbonyl (C=O) groups excluding carboxylic acids is 1. The topological polar surface area (TPSA) is 103 Å². The SMILES string of the molecule is Cc1c(Cl)nc2c(ncn2C2[C@@H](C)C(C(N)=O)C[C@H]2OC(C)(C)O)c1Cl. The number of rotatable bonds is 4. The number of ether oxygens (including phenoxy) is 1. The minimum Gasteiger partial charge on any atom is -0.369 e. The normalized spacial score (nSPS) is 26.6. The molecule has 2 aromatic heterocycles. The fourth-order valence-corrected chi connectivity index (χ4v) is 4.21. The summed E-state index contributed by atoms with van der Waals surface area (Å²) in [7, 11) is 0. The molecule has 2 heterocycles. The molecule has 0 saturated heterocycles. The van der Waals surface area contributed by atoms with Crippen molar-refractivity contribution in [2.75, 3.05) is 0 Å². The van der Waals surface area contributed by atoms with E-state index in [1.165, 1.54) is 0 Å². The number of nitrogens with two attached hydrogens (primary N) is 1. The van der Waals surface area contributed by atoms with Crippen LogP contribution in [-0.4, -0.2) is 37.4 Å². The maximum Gasteiger partial charge on any atom is 0.220 e. The van der Waals surface area contributed by atoms with E-state index in [1.807, 2.05) is 11.5 Å². The maximum absolute atomic E-state index is 11.9. The van der Waals surface area contributed by atoms with Crippen molar-refractivity contribution in [2.24, 2.45) is 17.6 Å². The first-order chi connectivity index (χ1) is 12.0. The summed E-state index contributed by atoms with van der Waals surface area (Å²) < 4.78 is 7.64. The Kier molecular flexibility index (Phi) is 4.94. The summed E-state index contributed by atoms with van der Waals surface area (Å²) in [6.45, 7) is 6.80. The predicted molar refractivity (Wildman–Crippen MR) is 99.0 cm³/mol. The molecule has 1 aliphatic rings. The molecule has 0 radical (unpaired) electrons. The van der Waals surface area contributed by atoms with Crippen molar-refractivity contribution in [3.8, 4) is 0 Å². The average molecular weight is 401 g/mol. The number of aliphatic hydroxyl groups is 1. The van der Waals surface area contributed by atoms with Gasteiger partial charge >= 0.3 is 0 Å². The first-order valence-corrected chi connectivity index (χ1v) is 9.14. The van der Waals surface area contributed by atoms with Crippen LogP contribution in [0.3, 0.4) is 0 Å². The Morgan fingerprint density at radius 1 is 1.46 bits per heavy atom. The molecule has 1 amide bonds. The highest BCUT2D eigenvalue weighted by Gasteiger charge is 2.47. The number of hydrogen-bond donors (Lipinski definition) is 2. The number of fused-ring (bicyclic) bond motifs is 1. The second kappa shape index (κ2) is 6.64. The summed E-state index contributed by atoms with van der Waals surface area (Å²) in [6, 6.07) is -0.300. The number of primary amides is 1. The molecular weight excluding hydrogens is 379 g/mol. The van der Waals surface area contributed by atoms with Gasteiger partial charge in [-0.3, -0.25) is 4.79 Å². The van der Waals surface area contributed by atoms with Crippen LogP contribution in [-0.2, 0) is 9.53 Å². The third kappa shape index (κ3) is 3.29. The summed E-state index contributed by atoms with van der Waals surface area (Å²) >= 11 is 12.6. The highest BCUT2D eigenvalue weighted by Crippen LogP contribution is 2.44. The largest absolute Gasteiger partial charge is 0.369 e. The lowest BCUT2D eigenvalue weighted by atomic mass is 9.95. The fraction of sp³-hybridized carbons (Fsp3) is 0.588. The highest BCUT2D eigenvalue weighted by atomic mass is 35.5. The standard InChI is InChI=1S/C17H22Cl2N4O3/c1-7-9(15(20)24)5-10(26-17(3,4)25)13(7)23-6-21-12-11(18)8(2)14(19)22-16(12)23/h6-7,9-10,13,25H,5H2,1-4H3,(H2,20,24)/t7-,9?,10+,13?/m0/s1. The molecular formula is C17H22Cl2N4O3. The van der Waals surface area contributed by atoms with E-state index in [0.29, 0.717) is 33.3 Å². The first kappa shape index (κ1) is 19.4. The molecule has 0 aromatic carbocycles. The maximum atomic E-state index is 11.9. The van der Waals surface area contributed by atoms with Crippen molar-refractivity contribution in [3.05, 3.63) is 22.1 Å². The van der Waals surface area contributed by atoms with Crippen molar-refractivity contribution >= 4 is 40.3 Å². The van der Waals surface area contributed by atoms with E-state index in [-0.39, 0.29) is 17.9 Å². The van der Waals surface area contributed by atoms with Crippen LogP contribution in [0.2, 0.25) is 10.2 Å². The van der Waals surface area contributed by atoms with Gasteiger partial charge in [-0.05, 0) is 33.1 Å². The predicted octanol–water partition coefficient (Wildman–Crippen LogP) is 2.84. The summed E-state index contributed by atoms with van der Waals surface area (Å²) in [5.74, 6) is -2.28. The number of imidazole rings is 1. The summed E-state index contributed by atoms with van der Waals surface area (Å²) in [5, 5.41) is 10.9. The van der Waals surface area contributed by atoms with Crippen LogP contribution in [0.15, 0.2) is 6.33 Å². The number of hydrogen-bond acceptors (Lipinski definition) is 5. The number of nitrogens with zero attached hydrogens (tertiary/aromatic N) is 3. The van der Waals surface area contributed by atoms with Crippen LogP contribution in [0.4, 0.5) is 0 Å². The van der Waals surface area contributed by atoms with Gasteiger partial charge in [0.15, 0.2) is 11.4 Å². The van der Waals surface area contributed by atoms with Crippen molar-refractivity contribution in [3.63, 3.8) is 0 Å². The molecule has 3 N–H and O–H groups in total. The van der Waals surface area contributed by atoms with Gasteiger partial charge in [0.2, 0.25) is 5.91 Å². The number of carbonyl (C=O) groups is 1. The van der Waals surface area contributed by atoms with Crippen LogP contribution in [0.25, 0.3) is 11.2 Å². The van der Waals surface area contributed by atoms with Gasteiger partial charge in [-0.25, -0.2) is 9.97 Å². The van der Waals surface area contributed by atoms with Crippen LogP contribution < -0.4 is 5.73 Å².